The summed E-state index contributed by atoms with van der Waals surface area (Å²) in [5.41, 5.74) is -1.61. The second kappa shape index (κ2) is 4.51. The van der Waals surface area contributed by atoms with Crippen LogP contribution in [-0.2, 0) is 23.9 Å². The molecule has 1 atom stereocenters. The molecule has 6 heteroatoms. The van der Waals surface area contributed by atoms with E-state index in [2.05, 4.69) is 0 Å². The molecule has 0 spiro atoms. The second-order valence-corrected chi connectivity index (χ2v) is 3.51. The molecule has 0 radical (unpaired) electrons. The first kappa shape index (κ1) is 12.5. The number of carboxylic acid groups (broad SMARTS) is 1. The van der Waals surface area contributed by atoms with E-state index in [-0.39, 0.29) is 19.6 Å². The molecule has 0 aromatic rings. The number of hydrogen-bond donors (Lipinski definition) is 1. The molecular weight excluding hydrogens is 216 g/mol. The topological polar surface area (TPSA) is 89.9 Å². The van der Waals surface area contributed by atoms with Gasteiger partial charge >= 0.3 is 17.9 Å². The highest BCUT2D eigenvalue weighted by Crippen LogP contribution is 2.54. The normalized spacial score (nSPS) is 21.0. The van der Waals surface area contributed by atoms with E-state index in [9.17, 15) is 14.4 Å². The average Bonchev–Trinajstić information content (AvgIpc) is 2.94. The number of carbonyl (C=O) groups excluding carboxylic acids is 2. The van der Waals surface area contributed by atoms with Gasteiger partial charge in [-0.3, -0.25) is 14.4 Å². The summed E-state index contributed by atoms with van der Waals surface area (Å²) in [5.74, 6) is -3.81. The molecule has 0 aromatic carbocycles. The van der Waals surface area contributed by atoms with E-state index in [1.165, 1.54) is 0 Å². The van der Waals surface area contributed by atoms with E-state index >= 15 is 0 Å². The molecule has 1 rings (SSSR count). The highest BCUT2D eigenvalue weighted by atomic mass is 16.6. The lowest BCUT2D eigenvalue weighted by molar-refractivity contribution is -0.167. The number of aliphatic carboxylic acids is 1. The Balaban J connectivity index is 2.85. The van der Waals surface area contributed by atoms with Crippen LogP contribution in [0.25, 0.3) is 0 Å². The third-order valence-corrected chi connectivity index (χ3v) is 2.54. The van der Waals surface area contributed by atoms with Crippen molar-refractivity contribution in [3.8, 4) is 0 Å². The molecule has 1 aliphatic rings. The number of ether oxygens (including phenoxy) is 2. The molecule has 0 aromatic heterocycles. The van der Waals surface area contributed by atoms with Crippen molar-refractivity contribution < 1.29 is 29.0 Å². The van der Waals surface area contributed by atoms with Gasteiger partial charge in [-0.1, -0.05) is 0 Å². The molecule has 0 bridgehead atoms. The molecule has 6 nitrogen and oxygen atoms in total. The summed E-state index contributed by atoms with van der Waals surface area (Å²) in [6, 6.07) is 0. The Bertz CT molecular complexity index is 303. The Hall–Kier alpha value is -1.59. The fourth-order valence-corrected chi connectivity index (χ4v) is 1.62. The molecular formula is C10H14O6. The van der Waals surface area contributed by atoms with Crippen LogP contribution < -0.4 is 0 Å². The molecule has 0 heterocycles. The van der Waals surface area contributed by atoms with Crippen LogP contribution in [0.1, 0.15) is 20.3 Å². The summed E-state index contributed by atoms with van der Waals surface area (Å²) in [4.78, 5) is 33.9. The minimum absolute atomic E-state index is 0.0417. The van der Waals surface area contributed by atoms with E-state index in [0.29, 0.717) is 0 Å². The molecule has 0 aliphatic heterocycles. The zero-order valence-electron chi connectivity index (χ0n) is 9.19. The molecule has 0 amide bonds. The third-order valence-electron chi connectivity index (χ3n) is 2.54. The van der Waals surface area contributed by atoms with Gasteiger partial charge in [0.2, 0.25) is 0 Å². The Kier molecular flexibility index (Phi) is 3.51. The summed E-state index contributed by atoms with van der Waals surface area (Å²) in [6.45, 7) is 3.39. The van der Waals surface area contributed by atoms with Crippen LogP contribution in [0.15, 0.2) is 0 Å². The minimum Gasteiger partial charge on any atom is -0.481 e. The first-order valence-electron chi connectivity index (χ1n) is 5.07. The number of carbonyl (C=O) groups is 3. The first-order chi connectivity index (χ1) is 7.50. The van der Waals surface area contributed by atoms with Gasteiger partial charge in [0, 0.05) is 0 Å². The van der Waals surface area contributed by atoms with Gasteiger partial charge in [0.15, 0.2) is 5.41 Å². The predicted molar refractivity (Wildman–Crippen MR) is 51.4 cm³/mol. The van der Waals surface area contributed by atoms with Crippen LogP contribution in [0, 0.1) is 11.3 Å². The molecule has 1 unspecified atom stereocenters. The van der Waals surface area contributed by atoms with Gasteiger partial charge in [-0.25, -0.2) is 0 Å². The molecule has 1 fully saturated rings. The van der Waals surface area contributed by atoms with E-state index < -0.39 is 29.2 Å². The highest BCUT2D eigenvalue weighted by molar-refractivity contribution is 6.08. The lowest BCUT2D eigenvalue weighted by atomic mass is 10.0. The number of carboxylic acids is 1. The number of esters is 2. The first-order valence-corrected chi connectivity index (χ1v) is 5.07. The van der Waals surface area contributed by atoms with Crippen molar-refractivity contribution in [3.63, 3.8) is 0 Å². The summed E-state index contributed by atoms with van der Waals surface area (Å²) in [6.07, 6.45) is -0.0417. The van der Waals surface area contributed by atoms with Crippen molar-refractivity contribution in [2.45, 2.75) is 20.3 Å². The van der Waals surface area contributed by atoms with Crippen molar-refractivity contribution in [1.29, 1.82) is 0 Å². The van der Waals surface area contributed by atoms with Crippen molar-refractivity contribution in [2.75, 3.05) is 13.2 Å². The average molecular weight is 230 g/mol. The maximum atomic E-state index is 11.6. The summed E-state index contributed by atoms with van der Waals surface area (Å²) < 4.78 is 9.43. The minimum atomic E-state index is -1.61. The maximum absolute atomic E-state index is 11.6. The molecule has 1 aliphatic carbocycles. The number of rotatable bonds is 5. The quantitative estimate of drug-likeness (QED) is 0.536. The van der Waals surface area contributed by atoms with Crippen LogP contribution >= 0.6 is 0 Å². The van der Waals surface area contributed by atoms with E-state index in [4.69, 9.17) is 14.6 Å². The highest BCUT2D eigenvalue weighted by Gasteiger charge is 2.71. The van der Waals surface area contributed by atoms with Gasteiger partial charge in [0.05, 0.1) is 19.1 Å². The monoisotopic (exact) mass is 230 g/mol. The lowest BCUT2D eigenvalue weighted by Crippen LogP contribution is -2.33. The van der Waals surface area contributed by atoms with Crippen LogP contribution in [0.2, 0.25) is 0 Å². The standard InChI is InChI=1S/C10H14O6/c1-3-15-8(13)10(9(14)16-4-2)5-6(10)7(11)12/h6H,3-5H2,1-2H3,(H,11,12). The smallest absolute Gasteiger partial charge is 0.324 e. The van der Waals surface area contributed by atoms with Gasteiger partial charge in [-0.15, -0.1) is 0 Å². The molecule has 0 saturated heterocycles. The second-order valence-electron chi connectivity index (χ2n) is 3.51. The summed E-state index contributed by atoms with van der Waals surface area (Å²) in [7, 11) is 0. The van der Waals surface area contributed by atoms with Crippen LogP contribution in [0.3, 0.4) is 0 Å². The Morgan fingerprint density at radius 2 is 1.62 bits per heavy atom. The van der Waals surface area contributed by atoms with Crippen molar-refractivity contribution in [3.05, 3.63) is 0 Å². The zero-order valence-corrected chi connectivity index (χ0v) is 9.19. The largest absolute Gasteiger partial charge is 0.481 e. The molecule has 1 N–H and O–H groups in total. The molecule has 90 valence electrons. The van der Waals surface area contributed by atoms with Crippen LogP contribution in [0.4, 0.5) is 0 Å². The number of hydrogen-bond acceptors (Lipinski definition) is 5. The van der Waals surface area contributed by atoms with Gasteiger partial charge in [-0.2, -0.15) is 0 Å². The maximum Gasteiger partial charge on any atom is 0.324 e. The van der Waals surface area contributed by atoms with E-state index in [0.717, 1.165) is 0 Å². The van der Waals surface area contributed by atoms with Gasteiger partial charge in [-0.05, 0) is 20.3 Å². The fourth-order valence-electron chi connectivity index (χ4n) is 1.62. The van der Waals surface area contributed by atoms with Gasteiger partial charge < -0.3 is 14.6 Å². The van der Waals surface area contributed by atoms with E-state index in [1.54, 1.807) is 13.8 Å². The van der Waals surface area contributed by atoms with Crippen molar-refractivity contribution >= 4 is 17.9 Å². The Labute approximate surface area is 92.5 Å². The van der Waals surface area contributed by atoms with Crippen LogP contribution in [0.5, 0.6) is 0 Å². The van der Waals surface area contributed by atoms with Gasteiger partial charge in [0.1, 0.15) is 0 Å². The SMILES string of the molecule is CCOC(=O)C1(C(=O)OCC)CC1C(=O)O. The zero-order chi connectivity index (χ0) is 12.3. The summed E-state index contributed by atoms with van der Waals surface area (Å²) in [5, 5.41) is 8.81. The van der Waals surface area contributed by atoms with E-state index in [1.807, 2.05) is 0 Å². The molecule has 16 heavy (non-hydrogen) atoms. The van der Waals surface area contributed by atoms with Crippen LogP contribution in [-0.4, -0.2) is 36.2 Å². The fraction of sp³-hybridized carbons (Fsp3) is 0.700. The lowest BCUT2D eigenvalue weighted by Gasteiger charge is -2.13. The van der Waals surface area contributed by atoms with Crippen molar-refractivity contribution in [2.24, 2.45) is 11.3 Å². The summed E-state index contributed by atoms with van der Waals surface area (Å²) >= 11 is 0. The Morgan fingerprint density at radius 3 is 1.88 bits per heavy atom. The van der Waals surface area contributed by atoms with Crippen molar-refractivity contribution in [1.82, 2.24) is 0 Å². The third kappa shape index (κ3) is 1.87. The predicted octanol–water partition coefficient (Wildman–Crippen LogP) is 0.204. The molecule has 1 saturated carbocycles. The van der Waals surface area contributed by atoms with Gasteiger partial charge in [0.25, 0.3) is 0 Å². The Morgan fingerprint density at radius 1 is 1.19 bits per heavy atom.